The quantitative estimate of drug-likeness (QED) is 0.872. The summed E-state index contributed by atoms with van der Waals surface area (Å²) < 4.78 is 10.9. The molecule has 0 atom stereocenters. The summed E-state index contributed by atoms with van der Waals surface area (Å²) in [6, 6.07) is 6.08. The highest BCUT2D eigenvalue weighted by Crippen LogP contribution is 2.46. The second kappa shape index (κ2) is 4.96. The Morgan fingerprint density at radius 2 is 1.88 bits per heavy atom. The number of hydrogen-bond acceptors (Lipinski definition) is 3. The van der Waals surface area contributed by atoms with Gasteiger partial charge in [0.25, 0.3) is 0 Å². The first-order chi connectivity index (χ1) is 8.27. The molecule has 2 rings (SSSR count). The monoisotopic (exact) mass is 235 g/mol. The number of nitrogens with two attached hydrogens (primary N) is 1. The van der Waals surface area contributed by atoms with Gasteiger partial charge in [0.15, 0.2) is 11.5 Å². The van der Waals surface area contributed by atoms with Gasteiger partial charge in [0, 0.05) is 17.5 Å². The van der Waals surface area contributed by atoms with Crippen LogP contribution in [0.15, 0.2) is 18.2 Å². The van der Waals surface area contributed by atoms with E-state index in [0.717, 1.165) is 24.3 Å². The van der Waals surface area contributed by atoms with Gasteiger partial charge in [-0.05, 0) is 18.9 Å². The van der Waals surface area contributed by atoms with Crippen molar-refractivity contribution in [2.24, 2.45) is 5.73 Å². The Bertz CT molecular complexity index is 384. The van der Waals surface area contributed by atoms with E-state index >= 15 is 0 Å². The fourth-order valence-corrected chi connectivity index (χ4v) is 2.94. The Morgan fingerprint density at radius 1 is 1.18 bits per heavy atom. The van der Waals surface area contributed by atoms with Crippen LogP contribution in [0.3, 0.4) is 0 Å². The van der Waals surface area contributed by atoms with Gasteiger partial charge in [0.05, 0.1) is 14.2 Å². The zero-order valence-electron chi connectivity index (χ0n) is 10.7. The lowest BCUT2D eigenvalue weighted by Gasteiger charge is -2.30. The predicted molar refractivity (Wildman–Crippen MR) is 68.7 cm³/mol. The van der Waals surface area contributed by atoms with Gasteiger partial charge in [0.2, 0.25) is 0 Å². The molecule has 3 nitrogen and oxygen atoms in total. The van der Waals surface area contributed by atoms with Crippen LogP contribution in [-0.4, -0.2) is 20.8 Å². The first-order valence-corrected chi connectivity index (χ1v) is 6.19. The van der Waals surface area contributed by atoms with Crippen LogP contribution in [0, 0.1) is 0 Å². The SMILES string of the molecule is COc1cccc(C2(CN)CCCC2)c1OC. The van der Waals surface area contributed by atoms with Gasteiger partial charge in [-0.15, -0.1) is 0 Å². The summed E-state index contributed by atoms with van der Waals surface area (Å²) in [4.78, 5) is 0. The highest BCUT2D eigenvalue weighted by atomic mass is 16.5. The van der Waals surface area contributed by atoms with Gasteiger partial charge >= 0.3 is 0 Å². The van der Waals surface area contributed by atoms with E-state index < -0.39 is 0 Å². The average Bonchev–Trinajstić information content (AvgIpc) is 2.87. The second-order valence-electron chi connectivity index (χ2n) is 4.73. The van der Waals surface area contributed by atoms with Gasteiger partial charge in [-0.25, -0.2) is 0 Å². The number of rotatable bonds is 4. The maximum Gasteiger partial charge on any atom is 0.164 e. The molecular weight excluding hydrogens is 214 g/mol. The van der Waals surface area contributed by atoms with E-state index in [1.165, 1.54) is 18.4 Å². The number of benzene rings is 1. The predicted octanol–water partition coefficient (Wildman–Crippen LogP) is 2.47. The molecule has 0 unspecified atom stereocenters. The lowest BCUT2D eigenvalue weighted by atomic mass is 9.78. The Kier molecular flexibility index (Phi) is 3.57. The molecule has 0 bridgehead atoms. The van der Waals surface area contributed by atoms with Crippen molar-refractivity contribution in [3.63, 3.8) is 0 Å². The second-order valence-corrected chi connectivity index (χ2v) is 4.73. The molecule has 0 aliphatic heterocycles. The average molecular weight is 235 g/mol. The minimum absolute atomic E-state index is 0.0832. The summed E-state index contributed by atoms with van der Waals surface area (Å²) in [5, 5.41) is 0. The van der Waals surface area contributed by atoms with Crippen molar-refractivity contribution in [2.75, 3.05) is 20.8 Å². The van der Waals surface area contributed by atoms with E-state index in [9.17, 15) is 0 Å². The van der Waals surface area contributed by atoms with Gasteiger partial charge in [-0.3, -0.25) is 0 Å². The van der Waals surface area contributed by atoms with E-state index in [1.54, 1.807) is 14.2 Å². The fraction of sp³-hybridized carbons (Fsp3) is 0.571. The summed E-state index contributed by atoms with van der Waals surface area (Å²) in [5.74, 6) is 1.65. The highest BCUT2D eigenvalue weighted by molar-refractivity contribution is 5.50. The van der Waals surface area contributed by atoms with Gasteiger partial charge in [-0.2, -0.15) is 0 Å². The van der Waals surface area contributed by atoms with Gasteiger partial charge < -0.3 is 15.2 Å². The largest absolute Gasteiger partial charge is 0.493 e. The Morgan fingerprint density at radius 3 is 2.41 bits per heavy atom. The minimum atomic E-state index is 0.0832. The number of para-hydroxylation sites is 1. The molecule has 0 spiro atoms. The summed E-state index contributed by atoms with van der Waals surface area (Å²) in [6.45, 7) is 0.677. The van der Waals surface area contributed by atoms with E-state index in [2.05, 4.69) is 6.07 Å². The number of ether oxygens (including phenoxy) is 2. The van der Waals surface area contributed by atoms with Crippen molar-refractivity contribution >= 4 is 0 Å². The Hall–Kier alpha value is -1.22. The third-order valence-corrected chi connectivity index (χ3v) is 3.93. The molecule has 2 N–H and O–H groups in total. The van der Waals surface area contributed by atoms with Crippen molar-refractivity contribution in [1.82, 2.24) is 0 Å². The molecule has 1 aromatic rings. The molecule has 1 saturated carbocycles. The third kappa shape index (κ3) is 2.00. The first-order valence-electron chi connectivity index (χ1n) is 6.19. The molecule has 1 aliphatic rings. The molecule has 0 aromatic heterocycles. The van der Waals surface area contributed by atoms with E-state index in [0.29, 0.717) is 6.54 Å². The summed E-state index contributed by atoms with van der Waals surface area (Å²) in [7, 11) is 3.37. The van der Waals surface area contributed by atoms with Crippen molar-refractivity contribution < 1.29 is 9.47 Å². The van der Waals surface area contributed by atoms with E-state index in [4.69, 9.17) is 15.2 Å². The molecule has 94 valence electrons. The zero-order valence-corrected chi connectivity index (χ0v) is 10.7. The van der Waals surface area contributed by atoms with Crippen LogP contribution in [0.4, 0.5) is 0 Å². The van der Waals surface area contributed by atoms with Gasteiger partial charge in [0.1, 0.15) is 0 Å². The van der Waals surface area contributed by atoms with Crippen LogP contribution in [0.25, 0.3) is 0 Å². The minimum Gasteiger partial charge on any atom is -0.493 e. The van der Waals surface area contributed by atoms with Crippen molar-refractivity contribution in [3.05, 3.63) is 23.8 Å². The Labute approximate surface area is 103 Å². The van der Waals surface area contributed by atoms with Crippen molar-refractivity contribution in [2.45, 2.75) is 31.1 Å². The van der Waals surface area contributed by atoms with Crippen LogP contribution in [0.1, 0.15) is 31.2 Å². The normalized spacial score (nSPS) is 18.1. The van der Waals surface area contributed by atoms with E-state index in [-0.39, 0.29) is 5.41 Å². The first kappa shape index (κ1) is 12.2. The van der Waals surface area contributed by atoms with Crippen LogP contribution >= 0.6 is 0 Å². The van der Waals surface area contributed by atoms with Crippen LogP contribution in [0.2, 0.25) is 0 Å². The summed E-state index contributed by atoms with van der Waals surface area (Å²) in [5.41, 5.74) is 7.31. The number of hydrogen-bond donors (Lipinski definition) is 1. The lowest BCUT2D eigenvalue weighted by Crippen LogP contribution is -2.32. The Balaban J connectivity index is 2.49. The molecule has 17 heavy (non-hydrogen) atoms. The van der Waals surface area contributed by atoms with Gasteiger partial charge in [-0.1, -0.05) is 25.0 Å². The van der Waals surface area contributed by atoms with Crippen LogP contribution < -0.4 is 15.2 Å². The topological polar surface area (TPSA) is 44.5 Å². The third-order valence-electron chi connectivity index (χ3n) is 3.93. The summed E-state index contributed by atoms with van der Waals surface area (Å²) in [6.07, 6.45) is 4.79. The van der Waals surface area contributed by atoms with Crippen LogP contribution in [-0.2, 0) is 5.41 Å². The fourth-order valence-electron chi connectivity index (χ4n) is 2.94. The van der Waals surface area contributed by atoms with Crippen molar-refractivity contribution in [3.8, 4) is 11.5 Å². The molecule has 3 heteroatoms. The smallest absolute Gasteiger partial charge is 0.164 e. The highest BCUT2D eigenvalue weighted by Gasteiger charge is 2.37. The molecule has 0 heterocycles. The maximum atomic E-state index is 6.02. The molecule has 0 radical (unpaired) electrons. The molecule has 0 amide bonds. The zero-order chi connectivity index (χ0) is 12.3. The van der Waals surface area contributed by atoms with Crippen LogP contribution in [0.5, 0.6) is 11.5 Å². The summed E-state index contributed by atoms with van der Waals surface area (Å²) >= 11 is 0. The molecular formula is C14H21NO2. The standard InChI is InChI=1S/C14H21NO2/c1-16-12-7-5-6-11(13(12)17-2)14(10-15)8-3-4-9-14/h5-7H,3-4,8-10,15H2,1-2H3. The molecule has 1 fully saturated rings. The molecule has 1 aromatic carbocycles. The molecule has 1 aliphatic carbocycles. The molecule has 0 saturated heterocycles. The lowest BCUT2D eigenvalue weighted by molar-refractivity contribution is 0.337. The van der Waals surface area contributed by atoms with E-state index in [1.807, 2.05) is 12.1 Å². The number of methoxy groups -OCH3 is 2. The van der Waals surface area contributed by atoms with Crippen molar-refractivity contribution in [1.29, 1.82) is 0 Å². The maximum absolute atomic E-state index is 6.02.